The molecule has 4 rings (SSSR count). The van der Waals surface area contributed by atoms with Crippen LogP contribution in [-0.4, -0.2) is 24.4 Å². The molecule has 126 valence electrons. The Morgan fingerprint density at radius 3 is 2.76 bits per heavy atom. The molecule has 0 saturated carbocycles. The highest BCUT2D eigenvalue weighted by Crippen LogP contribution is 2.22. The Kier molecular flexibility index (Phi) is 4.07. The van der Waals surface area contributed by atoms with Crippen LogP contribution in [-0.2, 0) is 13.1 Å². The van der Waals surface area contributed by atoms with Gasteiger partial charge in [-0.05, 0) is 42.9 Å². The van der Waals surface area contributed by atoms with Gasteiger partial charge in [-0.15, -0.1) is 0 Å². The fourth-order valence-corrected chi connectivity index (χ4v) is 3.22. The second-order valence-corrected chi connectivity index (χ2v) is 6.10. The normalized spacial score (nSPS) is 11.1. The third-order valence-corrected chi connectivity index (χ3v) is 4.52. The predicted molar refractivity (Wildman–Crippen MR) is 101 cm³/mol. The van der Waals surface area contributed by atoms with Gasteiger partial charge in [-0.25, -0.2) is 9.77 Å². The Balaban J connectivity index is 1.67. The molecule has 0 radical (unpaired) electrons. The van der Waals surface area contributed by atoms with Crippen LogP contribution in [0.3, 0.4) is 0 Å². The summed E-state index contributed by atoms with van der Waals surface area (Å²) in [5.41, 5.74) is 6.81. The van der Waals surface area contributed by atoms with E-state index in [2.05, 4.69) is 62.6 Å². The van der Waals surface area contributed by atoms with Crippen LogP contribution in [0.15, 0.2) is 55.0 Å². The summed E-state index contributed by atoms with van der Waals surface area (Å²) >= 11 is 5.37. The summed E-state index contributed by atoms with van der Waals surface area (Å²) < 4.78 is 4.60. The molecule has 0 saturated heterocycles. The van der Waals surface area contributed by atoms with E-state index in [1.54, 1.807) is 12.4 Å². The first-order chi connectivity index (χ1) is 12.3. The van der Waals surface area contributed by atoms with Crippen molar-refractivity contribution in [1.82, 2.24) is 24.4 Å². The molecule has 7 heteroatoms. The van der Waals surface area contributed by atoms with Gasteiger partial charge in [0.05, 0.1) is 6.54 Å². The third kappa shape index (κ3) is 2.83. The number of para-hydroxylation sites is 1. The summed E-state index contributed by atoms with van der Waals surface area (Å²) in [7, 11) is 0. The standard InChI is InChI=1S/C18H18N6S/c1-2-23-12-14(15-5-3-4-6-16(15)23)11-20-24-17(21-22-18(24)25)13-7-9-19-10-8-13/h3-10,12,20H,2,11H2,1H3,(H,22,25). The number of rotatable bonds is 5. The number of H-pyrrole nitrogens is 1. The van der Waals surface area contributed by atoms with Crippen molar-refractivity contribution in [2.75, 3.05) is 5.43 Å². The highest BCUT2D eigenvalue weighted by atomic mass is 32.1. The Bertz CT molecular complexity index is 1060. The van der Waals surface area contributed by atoms with E-state index in [1.165, 1.54) is 16.5 Å². The van der Waals surface area contributed by atoms with E-state index in [1.807, 2.05) is 16.8 Å². The SMILES string of the molecule is CCn1cc(CNn2c(-c3ccncc3)n[nH]c2=S)c2ccccc21. The fourth-order valence-electron chi connectivity index (χ4n) is 3.03. The molecule has 0 aliphatic carbocycles. The van der Waals surface area contributed by atoms with Crippen LogP contribution in [0.25, 0.3) is 22.3 Å². The first-order valence-electron chi connectivity index (χ1n) is 8.16. The molecule has 3 heterocycles. The molecule has 4 aromatic rings. The minimum Gasteiger partial charge on any atom is -0.347 e. The molecular weight excluding hydrogens is 332 g/mol. The third-order valence-electron chi connectivity index (χ3n) is 4.25. The lowest BCUT2D eigenvalue weighted by atomic mass is 10.2. The smallest absolute Gasteiger partial charge is 0.214 e. The van der Waals surface area contributed by atoms with Gasteiger partial charge in [0, 0.05) is 41.6 Å². The first-order valence-corrected chi connectivity index (χ1v) is 8.57. The van der Waals surface area contributed by atoms with Gasteiger partial charge in [0.2, 0.25) is 4.77 Å². The molecule has 1 aromatic carbocycles. The van der Waals surface area contributed by atoms with Gasteiger partial charge in [-0.3, -0.25) is 4.98 Å². The molecule has 3 aromatic heterocycles. The summed E-state index contributed by atoms with van der Waals surface area (Å²) in [5, 5.41) is 8.43. The average Bonchev–Trinajstić information content (AvgIpc) is 3.21. The first kappa shape index (κ1) is 15.6. The topological polar surface area (TPSA) is 63.5 Å². The van der Waals surface area contributed by atoms with Gasteiger partial charge in [-0.1, -0.05) is 18.2 Å². The minimum absolute atomic E-state index is 0.533. The van der Waals surface area contributed by atoms with E-state index in [0.29, 0.717) is 11.3 Å². The zero-order valence-electron chi connectivity index (χ0n) is 13.8. The molecule has 6 nitrogen and oxygen atoms in total. The van der Waals surface area contributed by atoms with E-state index in [9.17, 15) is 0 Å². The number of aromatic nitrogens is 5. The van der Waals surface area contributed by atoms with Crippen molar-refractivity contribution in [2.24, 2.45) is 0 Å². The van der Waals surface area contributed by atoms with Crippen molar-refractivity contribution in [3.05, 3.63) is 65.3 Å². The maximum atomic E-state index is 5.37. The van der Waals surface area contributed by atoms with E-state index < -0.39 is 0 Å². The number of nitrogens with zero attached hydrogens (tertiary/aromatic N) is 4. The van der Waals surface area contributed by atoms with Gasteiger partial charge >= 0.3 is 0 Å². The molecule has 0 bridgehead atoms. The molecule has 0 unspecified atom stereocenters. The Labute approximate surface area is 150 Å². The lowest BCUT2D eigenvalue weighted by Crippen LogP contribution is -2.15. The summed E-state index contributed by atoms with van der Waals surface area (Å²) in [6, 6.07) is 12.3. The quantitative estimate of drug-likeness (QED) is 0.539. The van der Waals surface area contributed by atoms with Crippen LogP contribution >= 0.6 is 12.2 Å². The number of fused-ring (bicyclic) bond motifs is 1. The molecule has 0 atom stereocenters. The van der Waals surface area contributed by atoms with E-state index >= 15 is 0 Å². The second-order valence-electron chi connectivity index (χ2n) is 5.72. The molecule has 0 aliphatic heterocycles. The summed E-state index contributed by atoms with van der Waals surface area (Å²) in [5.74, 6) is 0.742. The molecule has 0 fully saturated rings. The lowest BCUT2D eigenvalue weighted by molar-refractivity contribution is 0.784. The molecule has 0 aliphatic rings. The van der Waals surface area contributed by atoms with Crippen LogP contribution < -0.4 is 5.43 Å². The lowest BCUT2D eigenvalue weighted by Gasteiger charge is -2.09. The summed E-state index contributed by atoms with van der Waals surface area (Å²) in [4.78, 5) is 4.05. The van der Waals surface area contributed by atoms with Gasteiger partial charge in [-0.2, -0.15) is 5.10 Å². The second kappa shape index (κ2) is 6.52. The van der Waals surface area contributed by atoms with Crippen LogP contribution in [0, 0.1) is 4.77 Å². The van der Waals surface area contributed by atoms with Crippen molar-refractivity contribution in [1.29, 1.82) is 0 Å². The zero-order chi connectivity index (χ0) is 17.2. The van der Waals surface area contributed by atoms with Crippen molar-refractivity contribution >= 4 is 23.1 Å². The fraction of sp³-hybridized carbons (Fsp3) is 0.167. The van der Waals surface area contributed by atoms with Crippen LogP contribution in [0.1, 0.15) is 12.5 Å². The van der Waals surface area contributed by atoms with Crippen molar-refractivity contribution in [3.8, 4) is 11.4 Å². The van der Waals surface area contributed by atoms with Gasteiger partial charge in [0.15, 0.2) is 5.82 Å². The maximum Gasteiger partial charge on any atom is 0.214 e. The summed E-state index contributed by atoms with van der Waals surface area (Å²) in [6.07, 6.45) is 5.67. The van der Waals surface area contributed by atoms with E-state index in [-0.39, 0.29) is 0 Å². The number of aryl methyl sites for hydroxylation is 1. The predicted octanol–water partition coefficient (Wildman–Crippen LogP) is 3.72. The van der Waals surface area contributed by atoms with Crippen molar-refractivity contribution in [3.63, 3.8) is 0 Å². The molecule has 0 spiro atoms. The van der Waals surface area contributed by atoms with Crippen molar-refractivity contribution < 1.29 is 0 Å². The Hall–Kier alpha value is -2.93. The van der Waals surface area contributed by atoms with Gasteiger partial charge in [0.1, 0.15) is 0 Å². The van der Waals surface area contributed by atoms with Crippen LogP contribution in [0.4, 0.5) is 0 Å². The highest BCUT2D eigenvalue weighted by molar-refractivity contribution is 7.71. The van der Waals surface area contributed by atoms with Gasteiger partial charge in [0.25, 0.3) is 0 Å². The highest BCUT2D eigenvalue weighted by Gasteiger charge is 2.11. The molecule has 0 amide bonds. The van der Waals surface area contributed by atoms with Crippen LogP contribution in [0.2, 0.25) is 0 Å². The average molecular weight is 350 g/mol. The number of aromatic amines is 1. The number of hydrogen-bond acceptors (Lipinski definition) is 4. The monoisotopic (exact) mass is 350 g/mol. The van der Waals surface area contributed by atoms with E-state index in [0.717, 1.165) is 17.9 Å². The number of pyridine rings is 1. The van der Waals surface area contributed by atoms with Crippen molar-refractivity contribution in [2.45, 2.75) is 20.0 Å². The zero-order valence-corrected chi connectivity index (χ0v) is 14.6. The van der Waals surface area contributed by atoms with Crippen LogP contribution in [0.5, 0.6) is 0 Å². The Morgan fingerprint density at radius 1 is 1.16 bits per heavy atom. The summed E-state index contributed by atoms with van der Waals surface area (Å²) in [6.45, 7) is 3.74. The number of nitrogens with one attached hydrogen (secondary N) is 2. The molecule has 2 N–H and O–H groups in total. The largest absolute Gasteiger partial charge is 0.347 e. The minimum atomic E-state index is 0.533. The molecular formula is C18H18N6S. The van der Waals surface area contributed by atoms with E-state index in [4.69, 9.17) is 12.2 Å². The number of hydrogen-bond donors (Lipinski definition) is 2. The number of benzene rings is 1. The maximum absolute atomic E-state index is 5.37. The Morgan fingerprint density at radius 2 is 1.96 bits per heavy atom. The van der Waals surface area contributed by atoms with Gasteiger partial charge < -0.3 is 9.99 Å². The molecule has 25 heavy (non-hydrogen) atoms.